The van der Waals surface area contributed by atoms with Crippen LogP contribution < -0.4 is 9.47 Å². The molecule has 0 unspecified atom stereocenters. The van der Waals surface area contributed by atoms with Crippen LogP contribution in [0, 0.1) is 15.9 Å². The zero-order chi connectivity index (χ0) is 20.5. The van der Waals surface area contributed by atoms with Gasteiger partial charge < -0.3 is 28.9 Å². The van der Waals surface area contributed by atoms with Crippen LogP contribution in [0.2, 0.25) is 0 Å². The number of ether oxygens (including phenoxy) is 3. The maximum atomic E-state index is 14.0. The van der Waals surface area contributed by atoms with Crippen molar-refractivity contribution in [3.8, 4) is 23.1 Å². The third kappa shape index (κ3) is 3.63. The van der Waals surface area contributed by atoms with E-state index in [2.05, 4.69) is 9.97 Å². The molecule has 0 saturated heterocycles. The van der Waals surface area contributed by atoms with E-state index in [1.165, 1.54) is 19.4 Å². The van der Waals surface area contributed by atoms with Gasteiger partial charge in [-0.05, 0) is 23.1 Å². The quantitative estimate of drug-likeness (QED) is 0.459. The number of aromatic nitrogens is 4. The minimum Gasteiger partial charge on any atom is -0.494 e. The maximum Gasteiger partial charge on any atom is 0.414 e. The third-order valence-corrected chi connectivity index (χ3v) is 4.67. The number of rotatable bonds is 6. The van der Waals surface area contributed by atoms with Crippen molar-refractivity contribution in [1.29, 1.82) is 0 Å². The molecule has 152 valence electrons. The Kier molecular flexibility index (Phi) is 4.89. The number of imidazole rings is 2. The van der Waals surface area contributed by atoms with Gasteiger partial charge in [0.25, 0.3) is 0 Å². The van der Waals surface area contributed by atoms with E-state index < -0.39 is 10.7 Å². The van der Waals surface area contributed by atoms with Gasteiger partial charge in [0.1, 0.15) is 24.7 Å². The number of hydrogen-bond acceptors (Lipinski definition) is 7. The topological polar surface area (TPSA) is 106 Å². The van der Waals surface area contributed by atoms with Crippen LogP contribution in [0.15, 0.2) is 30.6 Å². The van der Waals surface area contributed by atoms with Crippen LogP contribution >= 0.6 is 0 Å². The van der Waals surface area contributed by atoms with Crippen LogP contribution in [-0.4, -0.2) is 43.8 Å². The number of nitro groups is 1. The van der Waals surface area contributed by atoms with Crippen molar-refractivity contribution in [3.63, 3.8) is 0 Å². The monoisotopic (exact) mass is 403 g/mol. The summed E-state index contributed by atoms with van der Waals surface area (Å²) in [5.74, 6) is 0.0412. The number of halogens is 1. The third-order valence-electron chi connectivity index (χ3n) is 4.67. The van der Waals surface area contributed by atoms with Crippen molar-refractivity contribution < 1.29 is 23.5 Å². The van der Waals surface area contributed by atoms with Gasteiger partial charge >= 0.3 is 11.8 Å². The van der Waals surface area contributed by atoms with E-state index in [0.29, 0.717) is 17.9 Å². The molecule has 0 saturated carbocycles. The zero-order valence-corrected chi connectivity index (χ0v) is 15.7. The minimum atomic E-state index is -0.566. The van der Waals surface area contributed by atoms with Crippen LogP contribution in [0.5, 0.6) is 11.8 Å². The summed E-state index contributed by atoms with van der Waals surface area (Å²) in [6.07, 6.45) is 2.69. The molecule has 0 amide bonds. The zero-order valence-electron chi connectivity index (χ0n) is 15.7. The predicted molar refractivity (Wildman–Crippen MR) is 98.1 cm³/mol. The second-order valence-corrected chi connectivity index (χ2v) is 6.52. The first-order chi connectivity index (χ1) is 14.0. The van der Waals surface area contributed by atoms with Gasteiger partial charge in [0, 0.05) is 17.6 Å². The molecule has 0 bridgehead atoms. The molecule has 3 heterocycles. The summed E-state index contributed by atoms with van der Waals surface area (Å²) in [6, 6.07) is 4.86. The van der Waals surface area contributed by atoms with Crippen molar-refractivity contribution >= 4 is 5.82 Å². The molecule has 0 fully saturated rings. The Labute approximate surface area is 164 Å². The number of benzene rings is 1. The van der Waals surface area contributed by atoms with Crippen LogP contribution in [-0.2, 0) is 24.9 Å². The summed E-state index contributed by atoms with van der Waals surface area (Å²) in [5, 5.41) is 10.8. The summed E-state index contributed by atoms with van der Waals surface area (Å²) in [4.78, 5) is 18.4. The largest absolute Gasteiger partial charge is 0.494 e. The van der Waals surface area contributed by atoms with E-state index >= 15 is 0 Å². The first-order valence-electron chi connectivity index (χ1n) is 8.76. The fraction of sp³-hybridized carbons (Fsp3) is 0.333. The van der Waals surface area contributed by atoms with E-state index in [9.17, 15) is 14.5 Å². The Hall–Kier alpha value is -3.47. The normalized spacial score (nSPS) is 15.6. The molecule has 3 aromatic rings. The SMILES string of the molecule is COc1ccc(-c2ncc(CO[C@@H]3COc4nc([N+](=O)[O-])cn4C3)n2C)cc1F. The van der Waals surface area contributed by atoms with Crippen molar-refractivity contribution in [3.05, 3.63) is 52.2 Å². The second-order valence-electron chi connectivity index (χ2n) is 6.52. The molecule has 2 aromatic heterocycles. The summed E-state index contributed by atoms with van der Waals surface area (Å²) in [5.41, 5.74) is 1.41. The lowest BCUT2D eigenvalue weighted by atomic mass is 10.2. The van der Waals surface area contributed by atoms with Gasteiger partial charge in [-0.15, -0.1) is 0 Å². The van der Waals surface area contributed by atoms with Gasteiger partial charge in [-0.2, -0.15) is 0 Å². The summed E-state index contributed by atoms with van der Waals surface area (Å²) < 4.78 is 33.6. The first-order valence-corrected chi connectivity index (χ1v) is 8.76. The summed E-state index contributed by atoms with van der Waals surface area (Å²) in [6.45, 7) is 0.884. The highest BCUT2D eigenvalue weighted by Gasteiger charge is 2.28. The van der Waals surface area contributed by atoms with E-state index in [0.717, 1.165) is 5.69 Å². The van der Waals surface area contributed by atoms with Gasteiger partial charge in [-0.3, -0.25) is 4.57 Å². The van der Waals surface area contributed by atoms with Gasteiger partial charge in [0.2, 0.25) is 0 Å². The summed E-state index contributed by atoms with van der Waals surface area (Å²) >= 11 is 0. The minimum absolute atomic E-state index is 0.169. The standard InChI is InChI=1S/C18H18FN5O5/c1-22-12(6-20-17(22)11-3-4-15(27-2)14(19)5-11)9-28-13-7-23-8-16(24(25)26)21-18(23)29-10-13/h3-6,8,13H,7,9-10H2,1-2H3/t13-/m0/s1. The van der Waals surface area contributed by atoms with E-state index in [4.69, 9.17) is 14.2 Å². The van der Waals surface area contributed by atoms with Crippen molar-refractivity contribution in [2.24, 2.45) is 7.05 Å². The molecule has 10 nitrogen and oxygen atoms in total. The number of nitrogens with zero attached hydrogens (tertiary/aromatic N) is 5. The highest BCUT2D eigenvalue weighted by Crippen LogP contribution is 2.26. The molecule has 0 spiro atoms. The molecule has 4 rings (SSSR count). The van der Waals surface area contributed by atoms with Crippen LogP contribution in [0.1, 0.15) is 5.69 Å². The van der Waals surface area contributed by atoms with Crippen molar-refractivity contribution in [2.75, 3.05) is 13.7 Å². The Morgan fingerprint density at radius 3 is 3.00 bits per heavy atom. The maximum absolute atomic E-state index is 14.0. The predicted octanol–water partition coefficient (Wildman–Crippen LogP) is 2.32. The fourth-order valence-corrected chi connectivity index (χ4v) is 3.12. The van der Waals surface area contributed by atoms with Crippen molar-refractivity contribution in [1.82, 2.24) is 19.1 Å². The Morgan fingerprint density at radius 1 is 1.45 bits per heavy atom. The Morgan fingerprint density at radius 2 is 2.28 bits per heavy atom. The molecule has 1 atom stereocenters. The number of fused-ring (bicyclic) bond motifs is 1. The first kappa shape index (κ1) is 18.9. The lowest BCUT2D eigenvalue weighted by Crippen LogP contribution is -2.32. The fourth-order valence-electron chi connectivity index (χ4n) is 3.12. The van der Waals surface area contributed by atoms with Crippen LogP contribution in [0.3, 0.4) is 0 Å². The molecule has 11 heteroatoms. The van der Waals surface area contributed by atoms with E-state index in [-0.39, 0.29) is 36.9 Å². The van der Waals surface area contributed by atoms with Gasteiger partial charge in [0.15, 0.2) is 11.6 Å². The smallest absolute Gasteiger partial charge is 0.414 e. The molecule has 1 aromatic carbocycles. The lowest BCUT2D eigenvalue weighted by Gasteiger charge is -2.22. The lowest BCUT2D eigenvalue weighted by molar-refractivity contribution is -0.389. The van der Waals surface area contributed by atoms with Crippen LogP contribution in [0.25, 0.3) is 11.4 Å². The Bertz CT molecular complexity index is 1060. The molecule has 0 N–H and O–H groups in total. The second kappa shape index (κ2) is 7.51. The van der Waals surface area contributed by atoms with E-state index in [1.54, 1.807) is 22.9 Å². The molecule has 1 aliphatic rings. The van der Waals surface area contributed by atoms with Crippen molar-refractivity contribution in [2.45, 2.75) is 19.3 Å². The Balaban J connectivity index is 1.43. The molecule has 1 aliphatic heterocycles. The van der Waals surface area contributed by atoms with Crippen LogP contribution in [0.4, 0.5) is 10.2 Å². The molecule has 0 radical (unpaired) electrons. The number of hydrogen-bond donors (Lipinski definition) is 0. The number of methoxy groups -OCH3 is 1. The van der Waals surface area contributed by atoms with Gasteiger partial charge in [0.05, 0.1) is 32.2 Å². The van der Waals surface area contributed by atoms with Gasteiger partial charge in [-0.1, -0.05) is 0 Å². The molecule has 0 aliphatic carbocycles. The highest BCUT2D eigenvalue weighted by atomic mass is 19.1. The van der Waals surface area contributed by atoms with E-state index in [1.807, 2.05) is 11.6 Å². The average Bonchev–Trinajstić information content (AvgIpc) is 3.29. The molecular weight excluding hydrogens is 385 g/mol. The average molecular weight is 403 g/mol. The summed E-state index contributed by atoms with van der Waals surface area (Å²) in [7, 11) is 3.23. The molecular formula is C18H18FN5O5. The molecule has 29 heavy (non-hydrogen) atoms. The van der Waals surface area contributed by atoms with Gasteiger partial charge in [-0.25, -0.2) is 9.37 Å². The highest BCUT2D eigenvalue weighted by molar-refractivity contribution is 5.57.